The van der Waals surface area contributed by atoms with E-state index in [4.69, 9.17) is 0 Å². The van der Waals surface area contributed by atoms with Gasteiger partial charge in [0.2, 0.25) is 0 Å². The highest BCUT2D eigenvalue weighted by atomic mass is 32.2. The first-order valence-corrected chi connectivity index (χ1v) is 8.51. The molecule has 24 heavy (non-hydrogen) atoms. The van der Waals surface area contributed by atoms with Crippen molar-refractivity contribution < 1.29 is 17.9 Å². The van der Waals surface area contributed by atoms with Gasteiger partial charge in [-0.1, -0.05) is 6.07 Å². The molecule has 0 aliphatic heterocycles. The fourth-order valence-corrected chi connectivity index (χ4v) is 2.49. The first-order chi connectivity index (χ1) is 11.3. The Morgan fingerprint density at radius 2 is 1.62 bits per heavy atom. The summed E-state index contributed by atoms with van der Waals surface area (Å²) in [5, 5.41) is 3.14. The second-order valence-corrected chi connectivity index (χ2v) is 7.05. The van der Waals surface area contributed by atoms with E-state index in [1.807, 2.05) is 6.07 Å². The maximum absolute atomic E-state index is 11.8. The molecule has 0 aliphatic rings. The molecule has 0 saturated heterocycles. The molecule has 0 unspecified atom stereocenters. The van der Waals surface area contributed by atoms with Gasteiger partial charge in [0.1, 0.15) is 0 Å². The summed E-state index contributed by atoms with van der Waals surface area (Å²) in [7, 11) is 0.702. The first kappa shape index (κ1) is 17.8. The zero-order chi connectivity index (χ0) is 17.7. The van der Waals surface area contributed by atoms with Gasteiger partial charge in [-0.2, -0.15) is 12.7 Å². The molecule has 2 rings (SSSR count). The van der Waals surface area contributed by atoms with Crippen LogP contribution in [-0.4, -0.2) is 39.9 Å². The van der Waals surface area contributed by atoms with E-state index in [9.17, 15) is 13.2 Å². The van der Waals surface area contributed by atoms with Gasteiger partial charge >= 0.3 is 16.2 Å². The molecule has 0 bridgehead atoms. The Morgan fingerprint density at radius 3 is 2.21 bits per heavy atom. The fourth-order valence-electron chi connectivity index (χ4n) is 1.87. The van der Waals surface area contributed by atoms with Gasteiger partial charge in [0.25, 0.3) is 0 Å². The molecule has 0 atom stereocenters. The summed E-state index contributed by atoms with van der Waals surface area (Å²) >= 11 is 0. The monoisotopic (exact) mass is 349 g/mol. The van der Waals surface area contributed by atoms with Crippen LogP contribution < -0.4 is 10.0 Å². The normalized spacial score (nSPS) is 11.2. The SMILES string of the molecule is COC(=O)c1cccc(Nc2ccc(NS(=O)(=O)N(C)C)cc2)c1. The molecule has 2 N–H and O–H groups in total. The van der Waals surface area contributed by atoms with Crippen molar-refractivity contribution in [1.82, 2.24) is 4.31 Å². The Bertz CT molecular complexity index is 817. The van der Waals surface area contributed by atoms with Crippen LogP contribution in [0.5, 0.6) is 0 Å². The second-order valence-electron chi connectivity index (χ2n) is 5.16. The molecule has 0 aliphatic carbocycles. The second kappa shape index (κ2) is 7.33. The van der Waals surface area contributed by atoms with Crippen LogP contribution >= 0.6 is 0 Å². The van der Waals surface area contributed by atoms with Gasteiger partial charge in [0.15, 0.2) is 0 Å². The van der Waals surface area contributed by atoms with Crippen molar-refractivity contribution in [2.24, 2.45) is 0 Å². The van der Waals surface area contributed by atoms with Gasteiger partial charge in [-0.3, -0.25) is 4.72 Å². The molecule has 8 heteroatoms. The van der Waals surface area contributed by atoms with E-state index >= 15 is 0 Å². The molecular formula is C16H19N3O4S. The molecule has 2 aromatic rings. The first-order valence-electron chi connectivity index (χ1n) is 7.07. The van der Waals surface area contributed by atoms with E-state index in [0.717, 1.165) is 15.7 Å². The number of carbonyl (C=O) groups excluding carboxylic acids is 1. The summed E-state index contributed by atoms with van der Waals surface area (Å²) in [6, 6.07) is 13.7. The summed E-state index contributed by atoms with van der Waals surface area (Å²) < 4.78 is 31.8. The summed E-state index contributed by atoms with van der Waals surface area (Å²) in [5.74, 6) is -0.410. The topological polar surface area (TPSA) is 87.7 Å². The average molecular weight is 349 g/mol. The van der Waals surface area contributed by atoms with Crippen LogP contribution in [0, 0.1) is 0 Å². The largest absolute Gasteiger partial charge is 0.465 e. The Kier molecular flexibility index (Phi) is 5.42. The number of nitrogens with one attached hydrogen (secondary N) is 2. The van der Waals surface area contributed by atoms with Crippen molar-refractivity contribution in [3.63, 3.8) is 0 Å². The number of nitrogens with zero attached hydrogens (tertiary/aromatic N) is 1. The molecule has 7 nitrogen and oxygen atoms in total. The molecule has 0 saturated carbocycles. The Labute approximate surface area is 141 Å². The van der Waals surface area contributed by atoms with Gasteiger partial charge in [-0.15, -0.1) is 0 Å². The fraction of sp³-hybridized carbons (Fsp3) is 0.188. The molecule has 0 amide bonds. The minimum Gasteiger partial charge on any atom is -0.465 e. The van der Waals surface area contributed by atoms with Crippen LogP contribution in [0.15, 0.2) is 48.5 Å². The Hall–Kier alpha value is -2.58. The number of carbonyl (C=O) groups is 1. The number of benzene rings is 2. The van der Waals surface area contributed by atoms with Crippen molar-refractivity contribution in [2.45, 2.75) is 0 Å². The predicted molar refractivity (Wildman–Crippen MR) is 93.7 cm³/mol. The van der Waals surface area contributed by atoms with Gasteiger partial charge in [0, 0.05) is 31.2 Å². The van der Waals surface area contributed by atoms with E-state index < -0.39 is 16.2 Å². The maximum atomic E-state index is 11.8. The number of esters is 1. The number of hydrogen-bond acceptors (Lipinski definition) is 5. The zero-order valence-corrected chi connectivity index (χ0v) is 14.4. The number of ether oxygens (including phenoxy) is 1. The van der Waals surface area contributed by atoms with E-state index in [1.54, 1.807) is 42.5 Å². The minimum atomic E-state index is -3.53. The summed E-state index contributed by atoms with van der Waals surface area (Å²) in [6.45, 7) is 0. The van der Waals surface area contributed by atoms with Crippen LogP contribution in [0.3, 0.4) is 0 Å². The van der Waals surface area contributed by atoms with Gasteiger partial charge in [0.05, 0.1) is 12.7 Å². The summed E-state index contributed by atoms with van der Waals surface area (Å²) in [4.78, 5) is 11.5. The number of anilines is 3. The third-order valence-corrected chi connectivity index (χ3v) is 4.64. The van der Waals surface area contributed by atoms with E-state index in [2.05, 4.69) is 14.8 Å². The van der Waals surface area contributed by atoms with E-state index in [1.165, 1.54) is 21.2 Å². The van der Waals surface area contributed by atoms with Gasteiger partial charge in [-0.05, 0) is 42.5 Å². The number of rotatable bonds is 6. The third kappa shape index (κ3) is 4.46. The summed E-state index contributed by atoms with van der Waals surface area (Å²) in [6.07, 6.45) is 0. The lowest BCUT2D eigenvalue weighted by Gasteiger charge is -2.14. The maximum Gasteiger partial charge on any atom is 0.337 e. The van der Waals surface area contributed by atoms with E-state index in [-0.39, 0.29) is 0 Å². The molecular weight excluding hydrogens is 330 g/mol. The van der Waals surface area contributed by atoms with E-state index in [0.29, 0.717) is 11.3 Å². The van der Waals surface area contributed by atoms with Crippen molar-refractivity contribution in [3.05, 3.63) is 54.1 Å². The van der Waals surface area contributed by atoms with Crippen LogP contribution in [0.1, 0.15) is 10.4 Å². The molecule has 0 aromatic heterocycles. The highest BCUT2D eigenvalue weighted by Gasteiger charge is 2.12. The quantitative estimate of drug-likeness (QED) is 0.782. The highest BCUT2D eigenvalue weighted by molar-refractivity contribution is 7.90. The van der Waals surface area contributed by atoms with Crippen LogP contribution in [0.4, 0.5) is 17.1 Å². The van der Waals surface area contributed by atoms with Crippen molar-refractivity contribution in [1.29, 1.82) is 0 Å². The highest BCUT2D eigenvalue weighted by Crippen LogP contribution is 2.20. The van der Waals surface area contributed by atoms with Crippen molar-refractivity contribution in [3.8, 4) is 0 Å². The lowest BCUT2D eigenvalue weighted by Crippen LogP contribution is -2.28. The molecule has 0 radical (unpaired) electrons. The van der Waals surface area contributed by atoms with Crippen LogP contribution in [0.2, 0.25) is 0 Å². The summed E-state index contributed by atoms with van der Waals surface area (Å²) in [5.41, 5.74) is 2.37. The molecule has 2 aromatic carbocycles. The Morgan fingerprint density at radius 1 is 1.00 bits per heavy atom. The molecule has 0 heterocycles. The molecule has 0 spiro atoms. The predicted octanol–water partition coefficient (Wildman–Crippen LogP) is 2.44. The van der Waals surface area contributed by atoms with Crippen LogP contribution in [-0.2, 0) is 14.9 Å². The lowest BCUT2D eigenvalue weighted by atomic mass is 10.2. The van der Waals surface area contributed by atoms with Gasteiger partial charge < -0.3 is 10.1 Å². The zero-order valence-electron chi connectivity index (χ0n) is 13.6. The van der Waals surface area contributed by atoms with Crippen molar-refractivity contribution in [2.75, 3.05) is 31.2 Å². The Balaban J connectivity index is 2.11. The molecule has 128 valence electrons. The average Bonchev–Trinajstić information content (AvgIpc) is 2.56. The van der Waals surface area contributed by atoms with Gasteiger partial charge in [-0.25, -0.2) is 4.79 Å². The minimum absolute atomic E-state index is 0.410. The van der Waals surface area contributed by atoms with Crippen LogP contribution in [0.25, 0.3) is 0 Å². The smallest absolute Gasteiger partial charge is 0.337 e. The number of methoxy groups -OCH3 is 1. The number of hydrogen-bond donors (Lipinski definition) is 2. The lowest BCUT2D eigenvalue weighted by molar-refractivity contribution is 0.0601. The van der Waals surface area contributed by atoms with Crippen molar-refractivity contribution >= 4 is 33.2 Å². The standard InChI is InChI=1S/C16H19N3O4S/c1-19(2)24(21,22)18-14-9-7-13(8-10-14)17-15-6-4-5-12(11-15)16(20)23-3/h4-11,17-18H,1-3H3. The third-order valence-electron chi connectivity index (χ3n) is 3.18. The molecule has 0 fully saturated rings.